The van der Waals surface area contributed by atoms with Gasteiger partial charge in [-0.15, -0.1) is 0 Å². The van der Waals surface area contributed by atoms with Crippen molar-refractivity contribution in [3.05, 3.63) is 28.8 Å². The van der Waals surface area contributed by atoms with Crippen LogP contribution in [0, 0.1) is 13.8 Å². The van der Waals surface area contributed by atoms with Crippen molar-refractivity contribution in [2.75, 3.05) is 13.2 Å². The molecule has 1 amide bonds. The van der Waals surface area contributed by atoms with E-state index in [-0.39, 0.29) is 11.3 Å². The number of carbonyl (C=O) groups excluding carboxylic acids is 1. The summed E-state index contributed by atoms with van der Waals surface area (Å²) in [4.78, 5) is 22.3. The topological polar surface area (TPSA) is 75.6 Å². The molecule has 9 heteroatoms. The largest absolute Gasteiger partial charge is 0.481 e. The molecule has 2 N–H and O–H groups in total. The zero-order chi connectivity index (χ0) is 17.8. The molecule has 128 valence electrons. The number of aliphatic carboxylic acids is 1. The standard InChI is InChI=1S/C14H15F4NO4/c1-7-3-9(4-8(2)11(7)23-5-10(20)21)12(22)19-6-14(17,18)13(15)16/h3-4,13H,5-6H2,1-2H3,(H,19,22)(H,20,21). The van der Waals surface area contributed by atoms with Crippen LogP contribution in [0.2, 0.25) is 0 Å². The molecule has 0 fully saturated rings. The van der Waals surface area contributed by atoms with E-state index in [9.17, 15) is 27.2 Å². The minimum absolute atomic E-state index is 0.0206. The van der Waals surface area contributed by atoms with Gasteiger partial charge >= 0.3 is 18.3 Å². The number of amides is 1. The van der Waals surface area contributed by atoms with Gasteiger partial charge in [-0.25, -0.2) is 13.6 Å². The average molecular weight is 337 g/mol. The molecule has 0 aliphatic rings. The number of hydrogen-bond donors (Lipinski definition) is 2. The summed E-state index contributed by atoms with van der Waals surface area (Å²) in [6.45, 7) is 1.01. The molecular weight excluding hydrogens is 322 g/mol. The van der Waals surface area contributed by atoms with Crippen molar-refractivity contribution >= 4 is 11.9 Å². The molecule has 1 aromatic carbocycles. The van der Waals surface area contributed by atoms with Crippen LogP contribution < -0.4 is 10.1 Å². The lowest BCUT2D eigenvalue weighted by Crippen LogP contribution is -2.41. The van der Waals surface area contributed by atoms with Gasteiger partial charge in [-0.2, -0.15) is 8.78 Å². The molecule has 23 heavy (non-hydrogen) atoms. The molecule has 0 radical (unpaired) electrons. The van der Waals surface area contributed by atoms with Crippen LogP contribution in [0.25, 0.3) is 0 Å². The number of ether oxygens (including phenoxy) is 1. The summed E-state index contributed by atoms with van der Waals surface area (Å²) in [5, 5.41) is 10.3. The highest BCUT2D eigenvalue weighted by atomic mass is 19.3. The lowest BCUT2D eigenvalue weighted by molar-refractivity contribution is -0.139. The van der Waals surface area contributed by atoms with Crippen molar-refractivity contribution in [2.45, 2.75) is 26.2 Å². The summed E-state index contributed by atoms with van der Waals surface area (Å²) in [5.74, 6) is -6.19. The molecule has 1 rings (SSSR count). The number of carboxylic acid groups (broad SMARTS) is 1. The predicted molar refractivity (Wildman–Crippen MR) is 72.3 cm³/mol. The number of carbonyl (C=O) groups is 2. The molecule has 5 nitrogen and oxygen atoms in total. The van der Waals surface area contributed by atoms with E-state index in [1.807, 2.05) is 0 Å². The first kappa shape index (κ1) is 18.7. The van der Waals surface area contributed by atoms with Crippen LogP contribution in [-0.4, -0.2) is 42.5 Å². The van der Waals surface area contributed by atoms with Crippen molar-refractivity contribution in [2.24, 2.45) is 0 Å². The van der Waals surface area contributed by atoms with E-state index in [2.05, 4.69) is 0 Å². The van der Waals surface area contributed by atoms with Crippen LogP contribution in [0.3, 0.4) is 0 Å². The molecule has 0 unspecified atom stereocenters. The van der Waals surface area contributed by atoms with Gasteiger partial charge in [0.2, 0.25) is 0 Å². The molecule has 0 saturated heterocycles. The number of halogens is 4. The van der Waals surface area contributed by atoms with Gasteiger partial charge in [-0.1, -0.05) is 0 Å². The summed E-state index contributed by atoms with van der Waals surface area (Å²) in [5.41, 5.74) is 0.807. The number of carboxylic acids is 1. The average Bonchev–Trinajstić information content (AvgIpc) is 2.43. The van der Waals surface area contributed by atoms with Gasteiger partial charge in [0, 0.05) is 5.56 Å². The van der Waals surface area contributed by atoms with Gasteiger partial charge in [0.25, 0.3) is 5.91 Å². The van der Waals surface area contributed by atoms with E-state index in [1.54, 1.807) is 5.32 Å². The molecule has 0 aliphatic carbocycles. The minimum atomic E-state index is -4.32. The minimum Gasteiger partial charge on any atom is -0.481 e. The van der Waals surface area contributed by atoms with Crippen molar-refractivity contribution in [1.82, 2.24) is 5.32 Å². The maximum atomic E-state index is 12.8. The number of benzene rings is 1. The molecule has 0 saturated carbocycles. The molecule has 0 bridgehead atoms. The third-order valence-electron chi connectivity index (χ3n) is 2.87. The van der Waals surface area contributed by atoms with Crippen LogP contribution in [-0.2, 0) is 4.79 Å². The zero-order valence-electron chi connectivity index (χ0n) is 12.3. The van der Waals surface area contributed by atoms with Gasteiger partial charge in [0.05, 0.1) is 6.54 Å². The zero-order valence-corrected chi connectivity index (χ0v) is 12.3. The fourth-order valence-electron chi connectivity index (χ4n) is 1.82. The number of hydrogen-bond acceptors (Lipinski definition) is 3. The van der Waals surface area contributed by atoms with Gasteiger partial charge in [-0.05, 0) is 37.1 Å². The Morgan fingerprint density at radius 2 is 1.78 bits per heavy atom. The van der Waals surface area contributed by atoms with Gasteiger partial charge < -0.3 is 15.2 Å². The monoisotopic (exact) mass is 337 g/mol. The third kappa shape index (κ3) is 5.11. The van der Waals surface area contributed by atoms with E-state index in [0.29, 0.717) is 11.1 Å². The van der Waals surface area contributed by atoms with Crippen LogP contribution in [0.1, 0.15) is 21.5 Å². The Kier molecular flexibility index (Phi) is 5.94. The summed E-state index contributed by atoms with van der Waals surface area (Å²) < 4.78 is 54.7. The Morgan fingerprint density at radius 3 is 2.22 bits per heavy atom. The van der Waals surface area contributed by atoms with Crippen molar-refractivity contribution in [3.63, 3.8) is 0 Å². The van der Waals surface area contributed by atoms with Gasteiger partial charge in [0.15, 0.2) is 6.61 Å². The van der Waals surface area contributed by atoms with Crippen LogP contribution in [0.15, 0.2) is 12.1 Å². The maximum absolute atomic E-state index is 12.8. The third-order valence-corrected chi connectivity index (χ3v) is 2.87. The first-order valence-electron chi connectivity index (χ1n) is 6.44. The van der Waals surface area contributed by atoms with E-state index >= 15 is 0 Å². The molecule has 0 aromatic heterocycles. The fraction of sp³-hybridized carbons (Fsp3) is 0.429. The summed E-state index contributed by atoms with van der Waals surface area (Å²) >= 11 is 0. The Balaban J connectivity index is 2.85. The first-order chi connectivity index (χ1) is 10.5. The van der Waals surface area contributed by atoms with E-state index in [4.69, 9.17) is 9.84 Å². The van der Waals surface area contributed by atoms with E-state index in [1.165, 1.54) is 26.0 Å². The Labute approximate surface area is 129 Å². The first-order valence-corrected chi connectivity index (χ1v) is 6.44. The molecule has 0 atom stereocenters. The number of alkyl halides is 4. The summed E-state index contributed by atoms with van der Waals surface area (Å²) in [6, 6.07) is 2.58. The quantitative estimate of drug-likeness (QED) is 0.749. The number of nitrogens with one attached hydrogen (secondary N) is 1. The van der Waals surface area contributed by atoms with E-state index < -0.39 is 37.4 Å². The lowest BCUT2D eigenvalue weighted by atomic mass is 10.0. The highest BCUT2D eigenvalue weighted by molar-refractivity contribution is 5.95. The predicted octanol–water partition coefficient (Wildman–Crippen LogP) is 2.40. The maximum Gasteiger partial charge on any atom is 0.341 e. The second kappa shape index (κ2) is 7.30. The van der Waals surface area contributed by atoms with Crippen LogP contribution >= 0.6 is 0 Å². The van der Waals surface area contributed by atoms with Crippen LogP contribution in [0.4, 0.5) is 17.6 Å². The molecule has 1 aromatic rings. The van der Waals surface area contributed by atoms with Crippen molar-refractivity contribution in [1.29, 1.82) is 0 Å². The summed E-state index contributed by atoms with van der Waals surface area (Å²) in [6.07, 6.45) is -3.88. The molecule has 0 aliphatic heterocycles. The van der Waals surface area contributed by atoms with Crippen molar-refractivity contribution < 1.29 is 37.0 Å². The molecule has 0 heterocycles. The molecular formula is C14H15F4NO4. The van der Waals surface area contributed by atoms with Gasteiger partial charge in [0.1, 0.15) is 5.75 Å². The fourth-order valence-corrected chi connectivity index (χ4v) is 1.82. The number of rotatable bonds is 7. The van der Waals surface area contributed by atoms with Crippen LogP contribution in [0.5, 0.6) is 5.75 Å². The molecule has 0 spiro atoms. The highest BCUT2D eigenvalue weighted by Crippen LogP contribution is 2.25. The number of aryl methyl sites for hydroxylation is 2. The Hall–Kier alpha value is -2.32. The normalized spacial score (nSPS) is 11.4. The van der Waals surface area contributed by atoms with E-state index in [0.717, 1.165) is 0 Å². The lowest BCUT2D eigenvalue weighted by Gasteiger charge is -2.17. The summed E-state index contributed by atoms with van der Waals surface area (Å²) in [7, 11) is 0. The van der Waals surface area contributed by atoms with Crippen molar-refractivity contribution in [3.8, 4) is 5.75 Å². The second-order valence-corrected chi connectivity index (χ2v) is 4.87. The Bertz CT molecular complexity index is 581. The SMILES string of the molecule is Cc1cc(C(=O)NCC(F)(F)C(F)F)cc(C)c1OCC(=O)O. The highest BCUT2D eigenvalue weighted by Gasteiger charge is 2.40. The smallest absolute Gasteiger partial charge is 0.341 e. The second-order valence-electron chi connectivity index (χ2n) is 4.87. The Morgan fingerprint density at radius 1 is 1.26 bits per heavy atom. The van der Waals surface area contributed by atoms with Gasteiger partial charge in [-0.3, -0.25) is 4.79 Å².